The smallest absolute Gasteiger partial charge is 0.385 e. The molecule has 3 heteroatoms. The van der Waals surface area contributed by atoms with Crippen molar-refractivity contribution in [1.29, 1.82) is 0 Å². The van der Waals surface area contributed by atoms with Gasteiger partial charge in [-0.25, -0.2) is 4.79 Å². The molecule has 0 amide bonds. The van der Waals surface area contributed by atoms with Crippen molar-refractivity contribution in [3.63, 3.8) is 0 Å². The molecular weight excluding hydrogens is 351 g/mol. The Bertz CT molecular complexity index is 624. The third-order valence-electron chi connectivity index (χ3n) is 2.40. The lowest BCUT2D eigenvalue weighted by Crippen LogP contribution is -2.02. The summed E-state index contributed by atoms with van der Waals surface area (Å²) in [5, 5.41) is 0. The van der Waals surface area contributed by atoms with Gasteiger partial charge in [0.15, 0.2) is 0 Å². The number of halogens is 1. The molecule has 0 fully saturated rings. The molecule has 2 aromatic carbocycles. The molecule has 0 aliphatic carbocycles. The predicted molar refractivity (Wildman–Crippen MR) is 82.3 cm³/mol. The zero-order chi connectivity index (χ0) is 13.5. The molecule has 0 saturated heterocycles. The monoisotopic (exact) mass is 362 g/mol. The number of hydrogen-bond acceptors (Lipinski definition) is 2. The third kappa shape index (κ3) is 4.42. The van der Waals surface area contributed by atoms with E-state index in [9.17, 15) is 4.79 Å². The van der Waals surface area contributed by atoms with Gasteiger partial charge in [-0.2, -0.15) is 0 Å². The summed E-state index contributed by atoms with van der Waals surface area (Å²) in [6, 6.07) is 17.1. The van der Waals surface area contributed by atoms with Crippen LogP contribution in [0.4, 0.5) is 0 Å². The summed E-state index contributed by atoms with van der Waals surface area (Å²) >= 11 is 2.21. The Morgan fingerprint density at radius 2 is 1.74 bits per heavy atom. The highest BCUT2D eigenvalue weighted by Gasteiger charge is 2.01. The van der Waals surface area contributed by atoms with Crippen molar-refractivity contribution in [1.82, 2.24) is 0 Å². The van der Waals surface area contributed by atoms with E-state index >= 15 is 0 Å². The van der Waals surface area contributed by atoms with Gasteiger partial charge in [-0.15, -0.1) is 0 Å². The van der Waals surface area contributed by atoms with Crippen molar-refractivity contribution in [2.75, 3.05) is 0 Å². The fraction of sp³-hybridized carbons (Fsp3) is 0.0625. The van der Waals surface area contributed by atoms with Gasteiger partial charge in [-0.05, 0) is 40.8 Å². The van der Waals surface area contributed by atoms with Gasteiger partial charge in [0.2, 0.25) is 0 Å². The predicted octanol–water partition coefficient (Wildman–Crippen LogP) is 3.39. The van der Waals surface area contributed by atoms with Crippen LogP contribution >= 0.6 is 22.6 Å². The fourth-order valence-corrected chi connectivity index (χ4v) is 1.98. The molecule has 0 radical (unpaired) electrons. The molecule has 0 heterocycles. The molecule has 0 N–H and O–H groups in total. The second-order valence-electron chi connectivity index (χ2n) is 3.78. The van der Waals surface area contributed by atoms with E-state index < -0.39 is 5.97 Å². The zero-order valence-corrected chi connectivity index (χ0v) is 12.3. The first-order valence-electron chi connectivity index (χ1n) is 5.73. The van der Waals surface area contributed by atoms with Crippen LogP contribution in [-0.4, -0.2) is 5.97 Å². The van der Waals surface area contributed by atoms with Crippen LogP contribution in [0.2, 0.25) is 0 Å². The van der Waals surface area contributed by atoms with E-state index in [0.29, 0.717) is 0 Å². The number of esters is 1. The second kappa shape index (κ2) is 6.95. The first-order valence-corrected chi connectivity index (χ1v) is 6.81. The molecule has 0 saturated carbocycles. The molecule has 2 nitrogen and oxygen atoms in total. The number of rotatable bonds is 2. The molecular formula is C16H11IO2. The molecule has 0 unspecified atom stereocenters. The number of hydrogen-bond donors (Lipinski definition) is 0. The minimum absolute atomic E-state index is 0.251. The molecule has 0 aliphatic heterocycles. The van der Waals surface area contributed by atoms with E-state index in [-0.39, 0.29) is 6.61 Å². The lowest BCUT2D eigenvalue weighted by molar-refractivity contribution is -0.137. The highest BCUT2D eigenvalue weighted by Crippen LogP contribution is 2.12. The van der Waals surface area contributed by atoms with Gasteiger partial charge in [-0.1, -0.05) is 42.3 Å². The standard InChI is InChI=1S/C16H11IO2/c17-15-9-5-4-8-14(15)12-19-16(18)11-10-13-6-2-1-3-7-13/h1-9H,12H2. The van der Waals surface area contributed by atoms with Crippen molar-refractivity contribution < 1.29 is 9.53 Å². The Hall–Kier alpha value is -1.80. The molecule has 0 atom stereocenters. The Balaban J connectivity index is 1.93. The fourth-order valence-electron chi connectivity index (χ4n) is 1.44. The van der Waals surface area contributed by atoms with Gasteiger partial charge in [0.05, 0.1) is 0 Å². The number of benzene rings is 2. The van der Waals surface area contributed by atoms with Crippen LogP contribution < -0.4 is 0 Å². The summed E-state index contributed by atoms with van der Waals surface area (Å²) in [4.78, 5) is 11.5. The van der Waals surface area contributed by atoms with E-state index in [2.05, 4.69) is 34.4 Å². The second-order valence-corrected chi connectivity index (χ2v) is 4.95. The summed E-state index contributed by atoms with van der Waals surface area (Å²) in [5.41, 5.74) is 1.78. The first kappa shape index (κ1) is 13.6. The summed E-state index contributed by atoms with van der Waals surface area (Å²) in [7, 11) is 0. The van der Waals surface area contributed by atoms with Gasteiger partial charge < -0.3 is 4.74 Å². The van der Waals surface area contributed by atoms with Crippen LogP contribution in [-0.2, 0) is 16.1 Å². The SMILES string of the molecule is O=C(C#Cc1ccccc1)OCc1ccccc1I. The zero-order valence-electron chi connectivity index (χ0n) is 10.1. The van der Waals surface area contributed by atoms with Gasteiger partial charge in [0.25, 0.3) is 0 Å². The highest BCUT2D eigenvalue weighted by molar-refractivity contribution is 14.1. The number of ether oxygens (including phenoxy) is 1. The van der Waals surface area contributed by atoms with E-state index in [1.165, 1.54) is 0 Å². The molecule has 0 aromatic heterocycles. The summed E-state index contributed by atoms with van der Waals surface area (Å²) in [5.74, 6) is 4.73. The van der Waals surface area contributed by atoms with Crippen molar-refractivity contribution in [3.8, 4) is 11.8 Å². The topological polar surface area (TPSA) is 26.3 Å². The van der Waals surface area contributed by atoms with Gasteiger partial charge in [0.1, 0.15) is 6.61 Å². The normalized spacial score (nSPS) is 9.32. The summed E-state index contributed by atoms with van der Waals surface area (Å²) < 4.78 is 6.19. The van der Waals surface area contributed by atoms with E-state index in [1.54, 1.807) is 0 Å². The summed E-state index contributed by atoms with van der Waals surface area (Å²) in [6.07, 6.45) is 0. The Labute approximate surface area is 125 Å². The Kier molecular flexibility index (Phi) is 4.99. The van der Waals surface area contributed by atoms with Gasteiger partial charge >= 0.3 is 5.97 Å². The maximum atomic E-state index is 11.5. The molecule has 19 heavy (non-hydrogen) atoms. The van der Waals surface area contributed by atoms with E-state index in [1.807, 2.05) is 54.6 Å². The summed E-state index contributed by atoms with van der Waals surface area (Å²) in [6.45, 7) is 0.251. The Morgan fingerprint density at radius 1 is 1.05 bits per heavy atom. The minimum atomic E-state index is -0.511. The maximum Gasteiger partial charge on any atom is 0.385 e. The molecule has 2 aromatic rings. The molecule has 0 bridgehead atoms. The van der Waals surface area contributed by atoms with Gasteiger partial charge in [-0.3, -0.25) is 0 Å². The van der Waals surface area contributed by atoms with Crippen LogP contribution in [0.1, 0.15) is 11.1 Å². The Morgan fingerprint density at radius 3 is 2.47 bits per heavy atom. The quantitative estimate of drug-likeness (QED) is 0.465. The van der Waals surface area contributed by atoms with Crippen LogP contribution in [0.5, 0.6) is 0 Å². The van der Waals surface area contributed by atoms with Crippen molar-refractivity contribution >= 4 is 28.6 Å². The molecule has 0 spiro atoms. The molecule has 0 aliphatic rings. The highest BCUT2D eigenvalue weighted by atomic mass is 127. The third-order valence-corrected chi connectivity index (χ3v) is 3.45. The molecule has 94 valence electrons. The average molecular weight is 362 g/mol. The number of carbonyl (C=O) groups is 1. The van der Waals surface area contributed by atoms with Crippen LogP contribution in [0.25, 0.3) is 0 Å². The van der Waals surface area contributed by atoms with Crippen LogP contribution in [0.3, 0.4) is 0 Å². The lowest BCUT2D eigenvalue weighted by atomic mass is 10.2. The lowest BCUT2D eigenvalue weighted by Gasteiger charge is -2.03. The largest absolute Gasteiger partial charge is 0.451 e. The van der Waals surface area contributed by atoms with Crippen molar-refractivity contribution in [2.45, 2.75) is 6.61 Å². The number of carbonyl (C=O) groups excluding carboxylic acids is 1. The first-order chi connectivity index (χ1) is 9.25. The van der Waals surface area contributed by atoms with Crippen molar-refractivity contribution in [3.05, 3.63) is 69.3 Å². The minimum Gasteiger partial charge on any atom is -0.451 e. The molecule has 2 rings (SSSR count). The van der Waals surface area contributed by atoms with Gasteiger partial charge in [0, 0.05) is 20.6 Å². The van der Waals surface area contributed by atoms with Crippen LogP contribution in [0, 0.1) is 15.4 Å². The van der Waals surface area contributed by atoms with E-state index in [4.69, 9.17) is 4.74 Å². The maximum absolute atomic E-state index is 11.5. The van der Waals surface area contributed by atoms with Crippen molar-refractivity contribution in [2.24, 2.45) is 0 Å². The average Bonchev–Trinajstić information content (AvgIpc) is 2.45. The van der Waals surface area contributed by atoms with Crippen LogP contribution in [0.15, 0.2) is 54.6 Å². The van der Waals surface area contributed by atoms with E-state index in [0.717, 1.165) is 14.7 Å².